The zero-order chi connectivity index (χ0) is 40.6. The number of benzene rings is 2. The van der Waals surface area contributed by atoms with Gasteiger partial charge in [0.05, 0.1) is 0 Å². The van der Waals surface area contributed by atoms with Gasteiger partial charge in [0.25, 0.3) is 0 Å². The predicted molar refractivity (Wildman–Crippen MR) is 245 cm³/mol. The fourth-order valence-corrected chi connectivity index (χ4v) is 7.48. The minimum Gasteiger partial charge on any atom is -1.00 e. The first-order chi connectivity index (χ1) is 29.2. The van der Waals surface area contributed by atoms with Crippen molar-refractivity contribution in [1.82, 2.24) is 4.98 Å². The molecule has 0 aliphatic heterocycles. The van der Waals surface area contributed by atoms with Gasteiger partial charge in [-0.3, -0.25) is 4.98 Å². The fourth-order valence-electron chi connectivity index (χ4n) is 7.22. The predicted octanol–water partition coefficient (Wildman–Crippen LogP) is 3.56. The summed E-state index contributed by atoms with van der Waals surface area (Å²) in [5, 5.41) is 0. The molecule has 0 fully saturated rings. The monoisotopic (exact) mass is 1020 g/mol. The van der Waals surface area contributed by atoms with Crippen molar-refractivity contribution in [3.05, 3.63) is 207 Å². The van der Waals surface area contributed by atoms with Gasteiger partial charge >= 0.3 is 0 Å². The van der Waals surface area contributed by atoms with Crippen LogP contribution in [0.2, 0.25) is 0 Å². The number of hydrogen-bond acceptors (Lipinski definition) is 1. The molecule has 340 valence electrons. The number of alkyl halides is 1. The third-order valence-electron chi connectivity index (χ3n) is 10.7. The molecule has 2 aromatic carbocycles. The van der Waals surface area contributed by atoms with Crippen LogP contribution in [-0.4, -0.2) is 10.9 Å². The molecule has 0 N–H and O–H groups in total. The Bertz CT molecular complexity index is 2100. The maximum atomic E-state index is 5.56. The maximum Gasteiger partial charge on any atom is 0.210 e. The second-order valence-corrected chi connectivity index (χ2v) is 15.5. The Balaban J connectivity index is 0.000000449. The van der Waals surface area contributed by atoms with Crippen molar-refractivity contribution < 1.29 is 85.1 Å². The molecule has 4 aromatic heterocycles. The summed E-state index contributed by atoms with van der Waals surface area (Å²) in [6.07, 6.45) is 47.5. The molecule has 0 unspecified atom stereocenters. The summed E-state index contributed by atoms with van der Waals surface area (Å²) in [6.45, 7) is 1.08. The zero-order valence-electron chi connectivity index (χ0n) is 36.3. The van der Waals surface area contributed by atoms with Crippen LogP contribution in [0.5, 0.6) is 0 Å². The second-order valence-electron chi connectivity index (χ2n) is 15.2. The van der Waals surface area contributed by atoms with Crippen molar-refractivity contribution in [3.8, 4) is 33.6 Å². The third-order valence-corrected chi connectivity index (χ3v) is 11.1. The average Bonchev–Trinajstić information content (AvgIpc) is 4.19. The van der Waals surface area contributed by atoms with Crippen LogP contribution < -0.4 is 50.9 Å². The molecule has 0 saturated heterocycles. The molecule has 0 amide bonds. The van der Waals surface area contributed by atoms with Crippen molar-refractivity contribution in [2.75, 3.05) is 5.88 Å². The third kappa shape index (κ3) is 20.6. The number of para-hydroxylation sites is 2. The van der Waals surface area contributed by atoms with Crippen LogP contribution in [0, 0.1) is 11.8 Å². The van der Waals surface area contributed by atoms with E-state index in [1.54, 1.807) is 0 Å². The number of hydrogen-bond donors (Lipinski definition) is 0. The first-order valence-corrected chi connectivity index (χ1v) is 22.0. The minimum atomic E-state index is 0. The van der Waals surface area contributed by atoms with Gasteiger partial charge in [-0.05, 0) is 105 Å². The summed E-state index contributed by atoms with van der Waals surface area (Å²) in [6, 6.07) is 37.7. The molecule has 64 heavy (non-hydrogen) atoms. The SMILES string of the molecule is C1=CCCC1.C1=CCCC1.C1=C[C@@H](C[n+]2ccc(-c3cc[n+](-c4ccccc4)cc3)cc2)CC1.ClC[C@@H]1C=CCC1.[Cl-].[Cl-].[Cl-].[Fe].[Fe].c1ccc(-[n+]2ccc(-c3ccncc3)cc2)cc1. The number of allylic oxidation sites excluding steroid dienone is 8. The first-order valence-electron chi connectivity index (χ1n) is 21.5. The van der Waals surface area contributed by atoms with E-state index in [1.165, 1.54) is 97.8 Å². The Kier molecular flexibility index (Phi) is 31.4. The number of rotatable bonds is 7. The summed E-state index contributed by atoms with van der Waals surface area (Å²) >= 11 is 5.56. The standard InChI is InChI=1S/C22H22N2.C16H13N2.C6H9Cl.2C5H8.3ClH.2Fe/c1-2-8-22(9-3-1)24-16-12-21(13-17-24)20-10-14-23(15-11-20)18-19-6-4-5-7-19;1-2-4-16(5-3-1)18-12-8-15(9-13-18)14-6-10-17-11-7-14;7-5-6-3-1-2-4-6;2*1-2-4-5-3-1;;;;;/h1-4,6,8-17,19H,5,7,18H2;1-13H;1,3,6H,2,4-5H2;2*1-2H,3-5H2;3*1H;;/q+2;+1;;;;;;;;/p-3/t19-;;6-;;;;;;;/m1.1......./s1. The van der Waals surface area contributed by atoms with E-state index in [-0.39, 0.29) is 71.4 Å². The number of halogens is 4. The Morgan fingerprint density at radius 3 is 1.14 bits per heavy atom. The molecular formula is C54H60Cl4Fe2N4. The molecule has 4 nitrogen and oxygen atoms in total. The first kappa shape index (κ1) is 58.2. The van der Waals surface area contributed by atoms with Crippen molar-refractivity contribution in [2.24, 2.45) is 11.8 Å². The van der Waals surface area contributed by atoms with Gasteiger partial charge in [-0.25, -0.2) is 4.57 Å². The van der Waals surface area contributed by atoms with Crippen LogP contribution in [0.1, 0.15) is 64.2 Å². The number of nitrogens with zero attached hydrogens (tertiary/aromatic N) is 4. The smallest absolute Gasteiger partial charge is 0.210 e. The molecule has 4 aliphatic rings. The van der Waals surface area contributed by atoms with Crippen molar-refractivity contribution >= 4 is 11.6 Å². The summed E-state index contributed by atoms with van der Waals surface area (Å²) < 4.78 is 6.53. The van der Waals surface area contributed by atoms with E-state index in [0.29, 0.717) is 11.8 Å². The topological polar surface area (TPSA) is 24.5 Å². The van der Waals surface area contributed by atoms with E-state index in [9.17, 15) is 0 Å². The second kappa shape index (κ2) is 34.5. The fraction of sp³-hybridized carbons (Fsp3) is 0.259. The Hall–Kier alpha value is -3.80. The average molecular weight is 1020 g/mol. The van der Waals surface area contributed by atoms with Crippen LogP contribution in [-0.2, 0) is 40.7 Å². The van der Waals surface area contributed by atoms with Crippen molar-refractivity contribution in [3.63, 3.8) is 0 Å². The van der Waals surface area contributed by atoms with Crippen molar-refractivity contribution in [1.29, 1.82) is 0 Å². The Labute approximate surface area is 427 Å². The van der Waals surface area contributed by atoms with Crippen LogP contribution in [0.15, 0.2) is 207 Å². The van der Waals surface area contributed by atoms with E-state index >= 15 is 0 Å². The molecule has 6 aromatic rings. The van der Waals surface area contributed by atoms with Crippen LogP contribution in [0.4, 0.5) is 0 Å². The molecule has 0 spiro atoms. The van der Waals surface area contributed by atoms with Gasteiger partial charge in [0, 0.05) is 119 Å². The minimum absolute atomic E-state index is 0. The van der Waals surface area contributed by atoms with Crippen molar-refractivity contribution in [2.45, 2.75) is 70.8 Å². The number of aromatic nitrogens is 4. The molecule has 2 atom stereocenters. The van der Waals surface area contributed by atoms with Gasteiger partial charge in [0.15, 0.2) is 43.7 Å². The van der Waals surface area contributed by atoms with Crippen LogP contribution in [0.25, 0.3) is 33.6 Å². The van der Waals surface area contributed by atoms with E-state index in [4.69, 9.17) is 11.6 Å². The van der Waals surface area contributed by atoms with Crippen LogP contribution >= 0.6 is 11.6 Å². The van der Waals surface area contributed by atoms with Gasteiger partial charge in [-0.15, -0.1) is 11.6 Å². The molecule has 10 heteroatoms. The van der Waals surface area contributed by atoms with Gasteiger partial charge in [-0.1, -0.05) is 85.0 Å². The summed E-state index contributed by atoms with van der Waals surface area (Å²) in [5.74, 6) is 2.18. The molecule has 0 saturated carbocycles. The van der Waals surface area contributed by atoms with E-state index in [2.05, 4.69) is 177 Å². The summed E-state index contributed by atoms with van der Waals surface area (Å²) in [7, 11) is 0. The maximum absolute atomic E-state index is 5.56. The molecule has 4 heterocycles. The normalized spacial score (nSPS) is 15.5. The summed E-state index contributed by atoms with van der Waals surface area (Å²) in [5.41, 5.74) is 7.23. The molecule has 0 radical (unpaired) electrons. The van der Waals surface area contributed by atoms with Gasteiger partial charge < -0.3 is 37.2 Å². The largest absolute Gasteiger partial charge is 1.00 e. The summed E-state index contributed by atoms with van der Waals surface area (Å²) in [4.78, 5) is 4.03. The molecule has 0 bridgehead atoms. The van der Waals surface area contributed by atoms with Crippen LogP contribution in [0.3, 0.4) is 0 Å². The zero-order valence-corrected chi connectivity index (χ0v) is 41.5. The van der Waals surface area contributed by atoms with E-state index in [1.807, 2.05) is 48.8 Å². The van der Waals surface area contributed by atoms with Gasteiger partial charge in [0.2, 0.25) is 11.4 Å². The number of pyridine rings is 4. The van der Waals surface area contributed by atoms with E-state index < -0.39 is 0 Å². The van der Waals surface area contributed by atoms with Gasteiger partial charge in [0.1, 0.15) is 0 Å². The molecule has 10 rings (SSSR count). The van der Waals surface area contributed by atoms with Gasteiger partial charge in [-0.2, -0.15) is 9.13 Å². The quantitative estimate of drug-likeness (QED) is 0.104. The van der Waals surface area contributed by atoms with E-state index in [0.717, 1.165) is 12.4 Å². The Morgan fingerprint density at radius 1 is 0.438 bits per heavy atom. The molecular weight excluding hydrogens is 958 g/mol. The Morgan fingerprint density at radius 2 is 0.812 bits per heavy atom. The molecule has 4 aliphatic carbocycles.